The number of benzene rings is 1. The second-order valence-electron chi connectivity index (χ2n) is 7.71. The third kappa shape index (κ3) is 5.66. The van der Waals surface area contributed by atoms with Gasteiger partial charge in [-0.3, -0.25) is 14.5 Å². The fourth-order valence-electron chi connectivity index (χ4n) is 3.64. The second kappa shape index (κ2) is 9.84. The van der Waals surface area contributed by atoms with E-state index in [1.807, 2.05) is 17.2 Å². The van der Waals surface area contributed by atoms with Crippen LogP contribution < -0.4 is 20.1 Å². The maximum Gasteiger partial charge on any atom is 0.238 e. The molecule has 0 spiro atoms. The zero-order valence-corrected chi connectivity index (χ0v) is 18.9. The van der Waals surface area contributed by atoms with Gasteiger partial charge in [-0.2, -0.15) is 0 Å². The Morgan fingerprint density at radius 1 is 1.19 bits per heavy atom. The van der Waals surface area contributed by atoms with Crippen molar-refractivity contribution in [1.82, 2.24) is 9.88 Å². The molecule has 8 nitrogen and oxygen atoms in total. The van der Waals surface area contributed by atoms with Crippen LogP contribution in [0.25, 0.3) is 0 Å². The van der Waals surface area contributed by atoms with E-state index < -0.39 is 0 Å². The standard InChI is InChI=1S/C21H25ClN4O4S/c1-13-12-31-21(23-13)25-20(28)14-3-5-26(6-4-14)11-19(27)24-16-10-18-17(9-15(16)22)29-7-2-8-30-18/h9-10,12,14H,2-8,11H2,1H3,(H,24,27)(H,23,25,28). The summed E-state index contributed by atoms with van der Waals surface area (Å²) in [7, 11) is 0. The van der Waals surface area contributed by atoms with Crippen LogP contribution in [0.5, 0.6) is 11.5 Å². The highest BCUT2D eigenvalue weighted by Crippen LogP contribution is 2.37. The predicted molar refractivity (Wildman–Crippen MR) is 120 cm³/mol. The number of halogens is 1. The molecule has 2 aromatic rings. The van der Waals surface area contributed by atoms with Gasteiger partial charge in [0.1, 0.15) is 0 Å². The third-order valence-electron chi connectivity index (χ3n) is 5.29. The molecule has 1 fully saturated rings. The van der Waals surface area contributed by atoms with Crippen molar-refractivity contribution >= 4 is 45.6 Å². The third-order valence-corrected chi connectivity index (χ3v) is 6.47. The summed E-state index contributed by atoms with van der Waals surface area (Å²) in [6, 6.07) is 3.38. The van der Waals surface area contributed by atoms with Crippen LogP contribution in [0.2, 0.25) is 5.02 Å². The van der Waals surface area contributed by atoms with Crippen molar-refractivity contribution < 1.29 is 19.1 Å². The second-order valence-corrected chi connectivity index (χ2v) is 8.98. The van der Waals surface area contributed by atoms with Crippen molar-refractivity contribution in [2.75, 3.05) is 43.5 Å². The van der Waals surface area contributed by atoms with E-state index in [-0.39, 0.29) is 24.3 Å². The molecule has 0 saturated carbocycles. The van der Waals surface area contributed by atoms with Crippen LogP contribution in [0.3, 0.4) is 0 Å². The number of hydrogen-bond donors (Lipinski definition) is 2. The summed E-state index contributed by atoms with van der Waals surface area (Å²) in [5.41, 5.74) is 1.40. The number of nitrogens with one attached hydrogen (secondary N) is 2. The molecule has 2 aliphatic rings. The van der Waals surface area contributed by atoms with Crippen LogP contribution >= 0.6 is 22.9 Å². The van der Waals surface area contributed by atoms with Crippen molar-refractivity contribution in [2.24, 2.45) is 5.92 Å². The summed E-state index contributed by atoms with van der Waals surface area (Å²) in [4.78, 5) is 31.3. The van der Waals surface area contributed by atoms with Gasteiger partial charge in [0.05, 0.1) is 36.2 Å². The number of likely N-dealkylation sites (tertiary alicyclic amines) is 1. The summed E-state index contributed by atoms with van der Waals surface area (Å²) in [6.07, 6.45) is 2.20. The van der Waals surface area contributed by atoms with Gasteiger partial charge < -0.3 is 20.1 Å². The number of fused-ring (bicyclic) bond motifs is 1. The summed E-state index contributed by atoms with van der Waals surface area (Å²) in [6.45, 7) is 4.63. The molecular formula is C21H25ClN4O4S. The van der Waals surface area contributed by atoms with Crippen molar-refractivity contribution in [1.29, 1.82) is 0 Å². The van der Waals surface area contributed by atoms with E-state index in [9.17, 15) is 9.59 Å². The van der Waals surface area contributed by atoms with Gasteiger partial charge in [-0.25, -0.2) is 4.98 Å². The number of piperidine rings is 1. The molecular weight excluding hydrogens is 440 g/mol. The molecule has 2 amide bonds. The highest BCUT2D eigenvalue weighted by molar-refractivity contribution is 7.13. The number of carbonyl (C=O) groups is 2. The van der Waals surface area contributed by atoms with Gasteiger partial charge in [0.25, 0.3) is 0 Å². The Kier molecular flexibility index (Phi) is 6.94. The first-order valence-corrected chi connectivity index (χ1v) is 11.6. The zero-order chi connectivity index (χ0) is 21.8. The quantitative estimate of drug-likeness (QED) is 0.702. The minimum Gasteiger partial charge on any atom is -0.490 e. The van der Waals surface area contributed by atoms with Gasteiger partial charge in [0.2, 0.25) is 11.8 Å². The minimum absolute atomic E-state index is 0.00238. The zero-order valence-electron chi connectivity index (χ0n) is 17.3. The van der Waals surface area contributed by atoms with Crippen molar-refractivity contribution in [3.05, 3.63) is 28.2 Å². The van der Waals surface area contributed by atoms with Crippen LogP contribution in [-0.4, -0.2) is 54.5 Å². The average molecular weight is 465 g/mol. The summed E-state index contributed by atoms with van der Waals surface area (Å²) in [5, 5.41) is 8.71. The summed E-state index contributed by atoms with van der Waals surface area (Å²) >= 11 is 7.74. The first-order valence-electron chi connectivity index (χ1n) is 10.3. The van der Waals surface area contributed by atoms with Crippen LogP contribution in [0.4, 0.5) is 10.8 Å². The van der Waals surface area contributed by atoms with E-state index in [4.69, 9.17) is 21.1 Å². The molecule has 3 heterocycles. The Hall–Kier alpha value is -2.36. The van der Waals surface area contributed by atoms with Crippen LogP contribution in [0, 0.1) is 12.8 Å². The van der Waals surface area contributed by atoms with Gasteiger partial charge in [-0.05, 0) is 32.9 Å². The maximum absolute atomic E-state index is 12.6. The molecule has 10 heteroatoms. The van der Waals surface area contributed by atoms with E-state index in [2.05, 4.69) is 15.6 Å². The van der Waals surface area contributed by atoms with Gasteiger partial charge in [0, 0.05) is 29.9 Å². The molecule has 1 aromatic carbocycles. The number of anilines is 2. The molecule has 4 rings (SSSR count). The average Bonchev–Trinajstić information content (AvgIpc) is 3.01. The monoisotopic (exact) mass is 464 g/mol. The number of nitrogens with zero attached hydrogens (tertiary/aromatic N) is 2. The lowest BCUT2D eigenvalue weighted by Crippen LogP contribution is -2.41. The minimum atomic E-state index is -0.155. The lowest BCUT2D eigenvalue weighted by atomic mass is 9.96. The molecule has 0 bridgehead atoms. The van der Waals surface area contributed by atoms with E-state index in [1.54, 1.807) is 12.1 Å². The molecule has 2 aliphatic heterocycles. The van der Waals surface area contributed by atoms with Crippen molar-refractivity contribution in [3.8, 4) is 11.5 Å². The fraction of sp³-hybridized carbons (Fsp3) is 0.476. The number of ether oxygens (including phenoxy) is 2. The van der Waals surface area contributed by atoms with Gasteiger partial charge in [0.15, 0.2) is 16.6 Å². The van der Waals surface area contributed by atoms with E-state index in [1.165, 1.54) is 11.3 Å². The van der Waals surface area contributed by atoms with Crippen molar-refractivity contribution in [2.45, 2.75) is 26.2 Å². The summed E-state index contributed by atoms with van der Waals surface area (Å²) in [5.74, 6) is 0.947. The number of aromatic nitrogens is 1. The number of thiazole rings is 1. The normalized spacial score (nSPS) is 17.1. The molecule has 1 saturated heterocycles. The number of aryl methyl sites for hydroxylation is 1. The summed E-state index contributed by atoms with van der Waals surface area (Å²) < 4.78 is 11.3. The van der Waals surface area contributed by atoms with Gasteiger partial charge in [-0.1, -0.05) is 11.6 Å². The number of rotatable bonds is 5. The number of hydrogen-bond acceptors (Lipinski definition) is 7. The predicted octanol–water partition coefficient (Wildman–Crippen LogP) is 3.56. The molecule has 0 aliphatic carbocycles. The van der Waals surface area contributed by atoms with Crippen LogP contribution in [-0.2, 0) is 9.59 Å². The Labute approximate surface area is 189 Å². The Balaban J connectivity index is 1.26. The Morgan fingerprint density at radius 3 is 2.58 bits per heavy atom. The smallest absolute Gasteiger partial charge is 0.238 e. The SMILES string of the molecule is Cc1csc(NC(=O)C2CCN(CC(=O)Nc3cc4c(cc3Cl)OCCCO4)CC2)n1. The Morgan fingerprint density at radius 2 is 1.90 bits per heavy atom. The first kappa shape index (κ1) is 21.9. The largest absolute Gasteiger partial charge is 0.490 e. The Bertz CT molecular complexity index is 959. The molecule has 166 valence electrons. The first-order chi connectivity index (χ1) is 15.0. The van der Waals surface area contributed by atoms with Gasteiger partial charge in [-0.15, -0.1) is 11.3 Å². The molecule has 1 aromatic heterocycles. The highest BCUT2D eigenvalue weighted by atomic mass is 35.5. The lowest BCUT2D eigenvalue weighted by Gasteiger charge is -2.30. The molecule has 0 radical (unpaired) electrons. The van der Waals surface area contributed by atoms with E-state index in [0.29, 0.717) is 66.5 Å². The fourth-order valence-corrected chi connectivity index (χ4v) is 4.54. The van der Waals surface area contributed by atoms with Crippen molar-refractivity contribution in [3.63, 3.8) is 0 Å². The molecule has 0 atom stereocenters. The highest BCUT2D eigenvalue weighted by Gasteiger charge is 2.26. The maximum atomic E-state index is 12.6. The van der Waals surface area contributed by atoms with E-state index >= 15 is 0 Å². The van der Waals surface area contributed by atoms with E-state index in [0.717, 1.165) is 12.1 Å². The molecule has 31 heavy (non-hydrogen) atoms. The molecule has 2 N–H and O–H groups in total. The van der Waals surface area contributed by atoms with Gasteiger partial charge >= 0.3 is 0 Å². The van der Waals surface area contributed by atoms with Crippen LogP contribution in [0.1, 0.15) is 25.0 Å². The number of carbonyl (C=O) groups excluding carboxylic acids is 2. The number of amides is 2. The lowest BCUT2D eigenvalue weighted by molar-refractivity contribution is -0.121. The molecule has 0 unspecified atom stereocenters. The topological polar surface area (TPSA) is 92.8 Å². The van der Waals surface area contributed by atoms with Crippen LogP contribution in [0.15, 0.2) is 17.5 Å².